The molecule has 21 heavy (non-hydrogen) atoms. The molecule has 0 saturated carbocycles. The highest BCUT2D eigenvalue weighted by atomic mass is 16.5. The van der Waals surface area contributed by atoms with Gasteiger partial charge >= 0.3 is 6.09 Å². The number of ether oxygens (including phenoxy) is 1. The fourth-order valence-electron chi connectivity index (χ4n) is 1.84. The van der Waals surface area contributed by atoms with Crippen LogP contribution in [0.1, 0.15) is 38.2 Å². The molecule has 7 heteroatoms. The summed E-state index contributed by atoms with van der Waals surface area (Å²) in [4.78, 5) is 11.9. The number of carbonyl (C=O) groups is 1. The minimum absolute atomic E-state index is 0.218. The van der Waals surface area contributed by atoms with Crippen LogP contribution >= 0.6 is 0 Å². The Kier molecular flexibility index (Phi) is 4.52. The first-order valence-corrected chi connectivity index (χ1v) is 6.67. The molecule has 2 aromatic rings. The van der Waals surface area contributed by atoms with Crippen LogP contribution in [0.25, 0.3) is 0 Å². The summed E-state index contributed by atoms with van der Waals surface area (Å²) in [6, 6.07) is 9.11. The van der Waals surface area contributed by atoms with Crippen LogP contribution in [-0.4, -0.2) is 26.7 Å². The smallest absolute Gasteiger partial charge is 0.408 e. The zero-order valence-corrected chi connectivity index (χ0v) is 12.3. The van der Waals surface area contributed by atoms with Crippen molar-refractivity contribution in [3.8, 4) is 0 Å². The van der Waals surface area contributed by atoms with Crippen molar-refractivity contribution >= 4 is 6.09 Å². The number of nitrogens with zero attached hydrogens (tertiary/aromatic N) is 3. The van der Waals surface area contributed by atoms with Crippen molar-refractivity contribution in [1.29, 1.82) is 0 Å². The first kappa shape index (κ1) is 15.0. The van der Waals surface area contributed by atoms with Crippen LogP contribution in [0, 0.1) is 5.41 Å². The molecule has 1 heterocycles. The lowest BCUT2D eigenvalue weighted by Crippen LogP contribution is -2.37. The maximum Gasteiger partial charge on any atom is 0.408 e. The fourth-order valence-corrected chi connectivity index (χ4v) is 1.84. The maximum atomic E-state index is 11.9. The SMILES string of the molecule is CC(C)(C)[C@H](NC(=O)OCc1ccccc1)c1nn[nH]n1. The van der Waals surface area contributed by atoms with Gasteiger partial charge in [-0.1, -0.05) is 56.3 Å². The third-order valence-electron chi connectivity index (χ3n) is 2.96. The largest absolute Gasteiger partial charge is 0.445 e. The highest BCUT2D eigenvalue weighted by Crippen LogP contribution is 2.30. The summed E-state index contributed by atoms with van der Waals surface area (Å²) >= 11 is 0. The minimum Gasteiger partial charge on any atom is -0.445 e. The number of rotatable bonds is 4. The van der Waals surface area contributed by atoms with Gasteiger partial charge in [0.15, 0.2) is 5.82 Å². The molecule has 0 bridgehead atoms. The molecule has 1 aromatic heterocycles. The molecule has 0 saturated heterocycles. The number of benzene rings is 1. The number of aromatic amines is 1. The number of aromatic nitrogens is 4. The van der Waals surface area contributed by atoms with Gasteiger partial charge in [0, 0.05) is 0 Å². The molecule has 0 spiro atoms. The van der Waals surface area contributed by atoms with Crippen molar-refractivity contribution < 1.29 is 9.53 Å². The molecule has 0 fully saturated rings. The molecular formula is C14H19N5O2. The molecule has 0 aliphatic rings. The van der Waals surface area contributed by atoms with Crippen molar-refractivity contribution in [1.82, 2.24) is 25.9 Å². The number of hydrogen-bond donors (Lipinski definition) is 2. The van der Waals surface area contributed by atoms with Gasteiger partial charge in [0.25, 0.3) is 0 Å². The minimum atomic E-state index is -0.511. The van der Waals surface area contributed by atoms with E-state index in [9.17, 15) is 4.79 Å². The highest BCUT2D eigenvalue weighted by molar-refractivity contribution is 5.67. The summed E-state index contributed by atoms with van der Waals surface area (Å²) in [6.45, 7) is 6.15. The number of tetrazole rings is 1. The first-order chi connectivity index (χ1) is 9.97. The Hall–Kier alpha value is -2.44. The van der Waals surface area contributed by atoms with Crippen LogP contribution < -0.4 is 5.32 Å². The Labute approximate surface area is 123 Å². The van der Waals surface area contributed by atoms with Crippen molar-refractivity contribution in [3.05, 3.63) is 41.7 Å². The van der Waals surface area contributed by atoms with Crippen LogP contribution in [0.4, 0.5) is 4.79 Å². The number of amides is 1. The third-order valence-corrected chi connectivity index (χ3v) is 2.96. The summed E-state index contributed by atoms with van der Waals surface area (Å²) in [5.74, 6) is 0.430. The van der Waals surface area contributed by atoms with E-state index in [1.54, 1.807) is 0 Å². The summed E-state index contributed by atoms with van der Waals surface area (Å²) < 4.78 is 5.22. The second kappa shape index (κ2) is 6.34. The lowest BCUT2D eigenvalue weighted by atomic mass is 9.86. The summed E-state index contributed by atoms with van der Waals surface area (Å²) in [5.41, 5.74) is 0.662. The van der Waals surface area contributed by atoms with Gasteiger partial charge in [-0.15, -0.1) is 10.2 Å². The predicted molar refractivity (Wildman–Crippen MR) is 76.1 cm³/mol. The molecular weight excluding hydrogens is 270 g/mol. The van der Waals surface area contributed by atoms with E-state index >= 15 is 0 Å². The van der Waals surface area contributed by atoms with E-state index in [-0.39, 0.29) is 18.1 Å². The van der Waals surface area contributed by atoms with E-state index < -0.39 is 6.09 Å². The Morgan fingerprint density at radius 2 is 2.05 bits per heavy atom. The van der Waals surface area contributed by atoms with Gasteiger partial charge in [0.1, 0.15) is 12.6 Å². The van der Waals surface area contributed by atoms with Crippen LogP contribution in [0.5, 0.6) is 0 Å². The Balaban J connectivity index is 1.96. The van der Waals surface area contributed by atoms with Crippen LogP contribution in [0.15, 0.2) is 30.3 Å². The Morgan fingerprint density at radius 1 is 1.33 bits per heavy atom. The van der Waals surface area contributed by atoms with Gasteiger partial charge < -0.3 is 10.1 Å². The topological polar surface area (TPSA) is 92.8 Å². The van der Waals surface area contributed by atoms with E-state index in [0.717, 1.165) is 5.56 Å². The molecule has 112 valence electrons. The number of H-pyrrole nitrogens is 1. The lowest BCUT2D eigenvalue weighted by Gasteiger charge is -2.28. The zero-order valence-electron chi connectivity index (χ0n) is 12.3. The quantitative estimate of drug-likeness (QED) is 0.900. The Bertz CT molecular complexity index is 563. The van der Waals surface area contributed by atoms with Gasteiger partial charge in [-0.2, -0.15) is 5.21 Å². The first-order valence-electron chi connectivity index (χ1n) is 6.67. The summed E-state index contributed by atoms with van der Waals surface area (Å²) in [7, 11) is 0. The molecule has 0 unspecified atom stereocenters. The van der Waals surface area contributed by atoms with Gasteiger partial charge in [-0.25, -0.2) is 4.79 Å². The number of alkyl carbamates (subject to hydrolysis) is 1. The van der Waals surface area contributed by atoms with Crippen LogP contribution in [0.2, 0.25) is 0 Å². The van der Waals surface area contributed by atoms with E-state index in [1.165, 1.54) is 0 Å². The second-order valence-corrected chi connectivity index (χ2v) is 5.78. The van der Waals surface area contributed by atoms with Crippen LogP contribution in [-0.2, 0) is 11.3 Å². The average molecular weight is 289 g/mol. The van der Waals surface area contributed by atoms with E-state index in [2.05, 4.69) is 25.9 Å². The number of carbonyl (C=O) groups excluding carboxylic acids is 1. The fraction of sp³-hybridized carbons (Fsp3) is 0.429. The molecule has 1 atom stereocenters. The molecule has 0 aliphatic carbocycles. The number of hydrogen-bond acceptors (Lipinski definition) is 5. The normalized spacial score (nSPS) is 12.7. The molecule has 1 aromatic carbocycles. The van der Waals surface area contributed by atoms with Crippen molar-refractivity contribution in [2.45, 2.75) is 33.4 Å². The highest BCUT2D eigenvalue weighted by Gasteiger charge is 2.31. The predicted octanol–water partition coefficient (Wildman–Crippen LogP) is 2.21. The molecule has 7 nitrogen and oxygen atoms in total. The summed E-state index contributed by atoms with van der Waals surface area (Å²) in [5, 5.41) is 16.6. The Morgan fingerprint density at radius 3 is 2.62 bits per heavy atom. The standard InChI is InChI=1S/C14H19N5O2/c1-14(2,3)11(12-16-18-19-17-12)15-13(20)21-9-10-7-5-4-6-8-10/h4-8,11H,9H2,1-3H3,(H,15,20)(H,16,17,18,19)/t11-/m1/s1. The van der Waals surface area contributed by atoms with Gasteiger partial charge in [-0.05, 0) is 11.0 Å². The van der Waals surface area contributed by atoms with E-state index in [0.29, 0.717) is 5.82 Å². The molecule has 0 aliphatic heterocycles. The maximum absolute atomic E-state index is 11.9. The van der Waals surface area contributed by atoms with Crippen molar-refractivity contribution in [2.24, 2.45) is 5.41 Å². The van der Waals surface area contributed by atoms with Gasteiger partial charge in [0.2, 0.25) is 0 Å². The third kappa shape index (κ3) is 4.27. The molecule has 0 radical (unpaired) electrons. The van der Waals surface area contributed by atoms with E-state index in [1.807, 2.05) is 51.1 Å². The van der Waals surface area contributed by atoms with Gasteiger partial charge in [0.05, 0.1) is 0 Å². The molecule has 2 N–H and O–H groups in total. The zero-order chi connectivity index (χ0) is 15.3. The molecule has 1 amide bonds. The van der Waals surface area contributed by atoms with Gasteiger partial charge in [-0.3, -0.25) is 0 Å². The average Bonchev–Trinajstić information content (AvgIpc) is 2.96. The second-order valence-electron chi connectivity index (χ2n) is 5.78. The molecule has 2 rings (SSSR count). The van der Waals surface area contributed by atoms with Crippen molar-refractivity contribution in [3.63, 3.8) is 0 Å². The van der Waals surface area contributed by atoms with Crippen LogP contribution in [0.3, 0.4) is 0 Å². The monoisotopic (exact) mass is 289 g/mol. The summed E-state index contributed by atoms with van der Waals surface area (Å²) in [6.07, 6.45) is -0.511. The van der Waals surface area contributed by atoms with E-state index in [4.69, 9.17) is 4.74 Å². The number of nitrogens with one attached hydrogen (secondary N) is 2. The van der Waals surface area contributed by atoms with Crippen molar-refractivity contribution in [2.75, 3.05) is 0 Å². The lowest BCUT2D eigenvalue weighted by molar-refractivity contribution is 0.124.